The van der Waals surface area contributed by atoms with Crippen molar-refractivity contribution < 1.29 is 4.79 Å². The average Bonchev–Trinajstić information content (AvgIpc) is 3.23. The SMILES string of the molecule is O=C(c1cn2cccnc2n1)N1CCCC1C1CCCC1. The van der Waals surface area contributed by atoms with Crippen LogP contribution in [-0.4, -0.2) is 37.8 Å². The molecule has 1 amide bonds. The third-order valence-electron chi connectivity index (χ3n) is 4.96. The molecule has 2 fully saturated rings. The third-order valence-corrected chi connectivity index (χ3v) is 4.96. The number of carbonyl (C=O) groups is 1. The van der Waals surface area contributed by atoms with Crippen LogP contribution in [0.2, 0.25) is 0 Å². The Labute approximate surface area is 124 Å². The van der Waals surface area contributed by atoms with Crippen LogP contribution >= 0.6 is 0 Å². The third kappa shape index (κ3) is 2.20. The van der Waals surface area contributed by atoms with Gasteiger partial charge >= 0.3 is 0 Å². The van der Waals surface area contributed by atoms with Gasteiger partial charge in [0.2, 0.25) is 5.78 Å². The normalized spacial score (nSPS) is 23.2. The summed E-state index contributed by atoms with van der Waals surface area (Å²) in [5, 5.41) is 0. The van der Waals surface area contributed by atoms with Crippen LogP contribution in [0.4, 0.5) is 0 Å². The van der Waals surface area contributed by atoms with E-state index >= 15 is 0 Å². The number of aromatic nitrogens is 3. The minimum atomic E-state index is 0.0786. The number of hydrogen-bond donors (Lipinski definition) is 0. The van der Waals surface area contributed by atoms with Gasteiger partial charge in [0.25, 0.3) is 5.91 Å². The second-order valence-electron chi connectivity index (χ2n) is 6.21. The largest absolute Gasteiger partial charge is 0.334 e. The van der Waals surface area contributed by atoms with Gasteiger partial charge in [-0.2, -0.15) is 0 Å². The van der Waals surface area contributed by atoms with Crippen molar-refractivity contribution in [3.05, 3.63) is 30.4 Å². The molecule has 1 unspecified atom stereocenters. The number of carbonyl (C=O) groups excluding carboxylic acids is 1. The second-order valence-corrected chi connectivity index (χ2v) is 6.21. The molecule has 0 bridgehead atoms. The molecule has 5 heteroatoms. The monoisotopic (exact) mass is 284 g/mol. The lowest BCUT2D eigenvalue weighted by molar-refractivity contribution is 0.0683. The molecule has 0 N–H and O–H groups in total. The number of hydrogen-bond acceptors (Lipinski definition) is 3. The molecule has 1 atom stereocenters. The summed E-state index contributed by atoms with van der Waals surface area (Å²) in [6, 6.07) is 2.28. The first kappa shape index (κ1) is 12.8. The van der Waals surface area contributed by atoms with Gasteiger partial charge in [0.1, 0.15) is 5.69 Å². The highest BCUT2D eigenvalue weighted by Crippen LogP contribution is 2.35. The number of rotatable bonds is 2. The molecule has 1 saturated heterocycles. The standard InChI is InChI=1S/C16H20N4O/c21-15(13-11-19-9-4-8-17-16(19)18-13)20-10-3-7-14(20)12-5-1-2-6-12/h4,8-9,11-12,14H,1-3,5-7,10H2. The zero-order chi connectivity index (χ0) is 14.2. The van der Waals surface area contributed by atoms with E-state index in [0.29, 0.717) is 23.4 Å². The number of nitrogens with zero attached hydrogens (tertiary/aromatic N) is 4. The van der Waals surface area contributed by atoms with Crippen molar-refractivity contribution in [3.8, 4) is 0 Å². The molecule has 0 radical (unpaired) electrons. The van der Waals surface area contributed by atoms with E-state index in [9.17, 15) is 4.79 Å². The van der Waals surface area contributed by atoms with Gasteiger partial charge in [-0.1, -0.05) is 12.8 Å². The second kappa shape index (κ2) is 5.13. The van der Waals surface area contributed by atoms with Crippen LogP contribution in [0.3, 0.4) is 0 Å². The molecule has 1 aliphatic carbocycles. The maximum atomic E-state index is 12.8. The Morgan fingerprint density at radius 3 is 2.86 bits per heavy atom. The average molecular weight is 284 g/mol. The first-order valence-electron chi connectivity index (χ1n) is 7.93. The highest BCUT2D eigenvalue weighted by molar-refractivity contribution is 5.93. The lowest BCUT2D eigenvalue weighted by Crippen LogP contribution is -2.39. The molecule has 110 valence electrons. The smallest absolute Gasteiger partial charge is 0.274 e. The van der Waals surface area contributed by atoms with E-state index in [0.717, 1.165) is 19.4 Å². The van der Waals surface area contributed by atoms with Crippen molar-refractivity contribution in [1.29, 1.82) is 0 Å². The van der Waals surface area contributed by atoms with E-state index < -0.39 is 0 Å². The van der Waals surface area contributed by atoms with Crippen molar-refractivity contribution in [2.75, 3.05) is 6.54 Å². The molecule has 4 rings (SSSR count). The van der Waals surface area contributed by atoms with Crippen molar-refractivity contribution >= 4 is 11.7 Å². The fourth-order valence-corrected chi connectivity index (χ4v) is 3.96. The van der Waals surface area contributed by atoms with Gasteiger partial charge in [-0.15, -0.1) is 0 Å². The summed E-state index contributed by atoms with van der Waals surface area (Å²) >= 11 is 0. The maximum absolute atomic E-state index is 12.8. The molecule has 0 aromatic carbocycles. The molecule has 3 heterocycles. The van der Waals surface area contributed by atoms with Gasteiger partial charge in [0, 0.05) is 31.2 Å². The topological polar surface area (TPSA) is 50.5 Å². The quantitative estimate of drug-likeness (QED) is 0.851. The molecule has 2 aromatic heterocycles. The fraction of sp³-hybridized carbons (Fsp3) is 0.562. The molecule has 5 nitrogen and oxygen atoms in total. The van der Waals surface area contributed by atoms with E-state index in [-0.39, 0.29) is 5.91 Å². The first-order chi connectivity index (χ1) is 10.3. The van der Waals surface area contributed by atoms with Gasteiger partial charge in [-0.25, -0.2) is 9.97 Å². The lowest BCUT2D eigenvalue weighted by atomic mass is 9.96. The molecule has 2 aromatic rings. The highest BCUT2D eigenvalue weighted by atomic mass is 16.2. The van der Waals surface area contributed by atoms with E-state index in [4.69, 9.17) is 0 Å². The van der Waals surface area contributed by atoms with Gasteiger partial charge in [-0.3, -0.25) is 9.20 Å². The predicted molar refractivity (Wildman–Crippen MR) is 79.0 cm³/mol. The van der Waals surface area contributed by atoms with Crippen LogP contribution in [-0.2, 0) is 0 Å². The molecule has 2 aliphatic rings. The summed E-state index contributed by atoms with van der Waals surface area (Å²) in [5.74, 6) is 1.37. The molecule has 1 aliphatic heterocycles. The molecule has 0 spiro atoms. The Bertz CT molecular complexity index is 626. The number of fused-ring (bicyclic) bond motifs is 1. The first-order valence-corrected chi connectivity index (χ1v) is 7.93. The Kier molecular flexibility index (Phi) is 3.13. The summed E-state index contributed by atoms with van der Waals surface area (Å²) in [7, 11) is 0. The predicted octanol–water partition coefficient (Wildman–Crippen LogP) is 2.52. The van der Waals surface area contributed by atoms with Crippen molar-refractivity contribution in [2.45, 2.75) is 44.6 Å². The summed E-state index contributed by atoms with van der Waals surface area (Å²) in [4.78, 5) is 23.4. The zero-order valence-corrected chi connectivity index (χ0v) is 12.1. The van der Waals surface area contributed by atoms with Crippen LogP contribution in [0.5, 0.6) is 0 Å². The maximum Gasteiger partial charge on any atom is 0.274 e. The van der Waals surface area contributed by atoms with Crippen LogP contribution < -0.4 is 0 Å². The summed E-state index contributed by atoms with van der Waals surface area (Å²) < 4.78 is 1.81. The molecular formula is C16H20N4O. The van der Waals surface area contributed by atoms with Crippen molar-refractivity contribution in [3.63, 3.8) is 0 Å². The Morgan fingerprint density at radius 1 is 1.19 bits per heavy atom. The van der Waals surface area contributed by atoms with Crippen LogP contribution in [0, 0.1) is 5.92 Å². The summed E-state index contributed by atoms with van der Waals surface area (Å²) in [6.07, 6.45) is 12.9. The Balaban J connectivity index is 1.60. The fourth-order valence-electron chi connectivity index (χ4n) is 3.96. The lowest BCUT2D eigenvalue weighted by Gasteiger charge is -2.28. The number of imidazole rings is 1. The Hall–Kier alpha value is -1.91. The van der Waals surface area contributed by atoms with Crippen molar-refractivity contribution in [1.82, 2.24) is 19.3 Å². The van der Waals surface area contributed by atoms with E-state index in [1.165, 1.54) is 25.7 Å². The highest BCUT2D eigenvalue weighted by Gasteiger charge is 2.36. The number of likely N-dealkylation sites (tertiary alicyclic amines) is 1. The van der Waals surface area contributed by atoms with Crippen LogP contribution in [0.15, 0.2) is 24.7 Å². The molecular weight excluding hydrogens is 264 g/mol. The van der Waals surface area contributed by atoms with Crippen LogP contribution in [0.25, 0.3) is 5.78 Å². The minimum Gasteiger partial charge on any atom is -0.334 e. The van der Waals surface area contributed by atoms with Crippen molar-refractivity contribution in [2.24, 2.45) is 5.92 Å². The molecule has 1 saturated carbocycles. The van der Waals surface area contributed by atoms with Gasteiger partial charge < -0.3 is 4.90 Å². The summed E-state index contributed by atoms with van der Waals surface area (Å²) in [5.41, 5.74) is 0.526. The van der Waals surface area contributed by atoms with Crippen LogP contribution in [0.1, 0.15) is 49.0 Å². The van der Waals surface area contributed by atoms with E-state index in [1.807, 2.05) is 16.7 Å². The van der Waals surface area contributed by atoms with E-state index in [1.54, 1.807) is 12.4 Å². The minimum absolute atomic E-state index is 0.0786. The number of amides is 1. The zero-order valence-electron chi connectivity index (χ0n) is 12.1. The van der Waals surface area contributed by atoms with Gasteiger partial charge in [0.05, 0.1) is 0 Å². The Morgan fingerprint density at radius 2 is 2.05 bits per heavy atom. The summed E-state index contributed by atoms with van der Waals surface area (Å²) in [6.45, 7) is 0.876. The van der Waals surface area contributed by atoms with Gasteiger partial charge in [-0.05, 0) is 37.7 Å². The van der Waals surface area contributed by atoms with E-state index in [2.05, 4.69) is 14.9 Å². The van der Waals surface area contributed by atoms with Gasteiger partial charge in [0.15, 0.2) is 0 Å². The molecule has 21 heavy (non-hydrogen) atoms.